The minimum atomic E-state index is 0.350. The van der Waals surface area contributed by atoms with Gasteiger partial charge in [0.1, 0.15) is 5.75 Å². The van der Waals surface area contributed by atoms with Crippen LogP contribution in [-0.2, 0) is 6.42 Å². The zero-order chi connectivity index (χ0) is 20.3. The average Bonchev–Trinajstić information content (AvgIpc) is 2.70. The average molecular weight is 388 g/mol. The molecule has 0 amide bonds. The second kappa shape index (κ2) is 17.8. The third-order valence-corrected chi connectivity index (χ3v) is 5.53. The number of unbranched alkanes of at least 4 members (excludes halogenated alkanes) is 13. The summed E-state index contributed by atoms with van der Waals surface area (Å²) in [5.41, 5.74) is 2.19. The number of hydrogen-bond donors (Lipinski definition) is 1. The summed E-state index contributed by atoms with van der Waals surface area (Å²) >= 11 is 0. The van der Waals surface area contributed by atoms with Gasteiger partial charge in [-0.15, -0.1) is 0 Å². The van der Waals surface area contributed by atoms with Crippen molar-refractivity contribution < 1.29 is 5.11 Å². The minimum Gasteiger partial charge on any atom is -0.507 e. The molecule has 0 bridgehead atoms. The topological polar surface area (TPSA) is 32.6 Å². The number of nitrogens with zero attached hydrogens (tertiary/aromatic N) is 1. The van der Waals surface area contributed by atoms with E-state index in [1.165, 1.54) is 95.5 Å². The highest BCUT2D eigenvalue weighted by atomic mass is 16.3. The van der Waals surface area contributed by atoms with Crippen LogP contribution in [0.1, 0.15) is 121 Å². The fraction of sp³-hybridized carbons (Fsp3) is 0.731. The fourth-order valence-electron chi connectivity index (χ4n) is 3.65. The van der Waals surface area contributed by atoms with Crippen molar-refractivity contribution in [2.24, 2.45) is 4.99 Å². The maximum Gasteiger partial charge on any atom is 0.124 e. The molecule has 1 aromatic carbocycles. The van der Waals surface area contributed by atoms with Crippen molar-refractivity contribution in [3.8, 4) is 5.75 Å². The molecule has 28 heavy (non-hydrogen) atoms. The molecule has 0 aliphatic carbocycles. The molecule has 0 spiro atoms. The zero-order valence-electron chi connectivity index (χ0n) is 18.7. The van der Waals surface area contributed by atoms with Crippen LogP contribution in [-0.4, -0.2) is 17.9 Å². The van der Waals surface area contributed by atoms with E-state index in [-0.39, 0.29) is 0 Å². The normalized spacial score (nSPS) is 11.5. The molecule has 0 saturated carbocycles. The molecular weight excluding hydrogens is 342 g/mol. The summed E-state index contributed by atoms with van der Waals surface area (Å²) in [7, 11) is 0. The number of benzene rings is 1. The Morgan fingerprint density at radius 3 is 1.86 bits per heavy atom. The standard InChI is InChI=1S/C26H45NO/c1-3-5-7-9-11-12-13-15-17-21-27-23-25-22-24(19-20-26(25)28)18-16-14-10-8-6-4-2/h19-20,22-23,28H,3-18,21H2,1-2H3. The summed E-state index contributed by atoms with van der Waals surface area (Å²) in [5.74, 6) is 0.350. The van der Waals surface area contributed by atoms with Crippen molar-refractivity contribution >= 4 is 6.21 Å². The van der Waals surface area contributed by atoms with Crippen molar-refractivity contribution in [2.75, 3.05) is 6.54 Å². The molecule has 160 valence electrons. The van der Waals surface area contributed by atoms with Crippen molar-refractivity contribution in [3.63, 3.8) is 0 Å². The first-order valence-corrected chi connectivity index (χ1v) is 12.1. The lowest BCUT2D eigenvalue weighted by atomic mass is 10.0. The third kappa shape index (κ3) is 13.0. The minimum absolute atomic E-state index is 0.350. The van der Waals surface area contributed by atoms with E-state index in [9.17, 15) is 5.11 Å². The Morgan fingerprint density at radius 1 is 0.714 bits per heavy atom. The van der Waals surface area contributed by atoms with Gasteiger partial charge in [0.05, 0.1) is 0 Å². The SMILES string of the molecule is CCCCCCCCCCCN=Cc1cc(CCCCCCCC)ccc1O. The number of phenolic OH excluding ortho intramolecular Hbond substituents is 1. The van der Waals surface area contributed by atoms with Crippen LogP contribution in [0.25, 0.3) is 0 Å². The zero-order valence-corrected chi connectivity index (χ0v) is 18.7. The molecule has 1 N–H and O–H groups in total. The Hall–Kier alpha value is -1.31. The summed E-state index contributed by atoms with van der Waals surface area (Å²) in [6, 6.07) is 5.99. The van der Waals surface area contributed by atoms with Gasteiger partial charge in [-0.2, -0.15) is 0 Å². The van der Waals surface area contributed by atoms with E-state index in [2.05, 4.69) is 31.0 Å². The Kier molecular flexibility index (Phi) is 15.7. The number of phenols is 1. The highest BCUT2D eigenvalue weighted by Crippen LogP contribution is 2.19. The Labute approximate surface area is 174 Å². The first-order chi connectivity index (χ1) is 13.8. The number of rotatable bonds is 18. The van der Waals surface area contributed by atoms with Gasteiger partial charge < -0.3 is 5.11 Å². The van der Waals surface area contributed by atoms with Crippen LogP contribution < -0.4 is 0 Å². The summed E-state index contributed by atoms with van der Waals surface area (Å²) in [6.45, 7) is 5.40. The van der Waals surface area contributed by atoms with Crippen molar-refractivity contribution in [1.82, 2.24) is 0 Å². The van der Waals surface area contributed by atoms with Crippen molar-refractivity contribution in [1.29, 1.82) is 0 Å². The Morgan fingerprint density at radius 2 is 1.25 bits per heavy atom. The summed E-state index contributed by atoms with van der Waals surface area (Å²) in [4.78, 5) is 4.55. The van der Waals surface area contributed by atoms with Crippen LogP contribution in [0.15, 0.2) is 23.2 Å². The molecule has 0 radical (unpaired) electrons. The van der Waals surface area contributed by atoms with Crippen LogP contribution >= 0.6 is 0 Å². The van der Waals surface area contributed by atoms with Crippen LogP contribution in [0.5, 0.6) is 5.75 Å². The molecule has 0 aliphatic rings. The number of aryl methyl sites for hydroxylation is 1. The summed E-state index contributed by atoms with van der Waals surface area (Å²) in [5, 5.41) is 10.1. The first kappa shape index (κ1) is 24.7. The molecule has 0 heterocycles. The highest BCUT2D eigenvalue weighted by Gasteiger charge is 2.01. The van der Waals surface area contributed by atoms with Crippen LogP contribution in [0.2, 0.25) is 0 Å². The quantitative estimate of drug-likeness (QED) is 0.199. The van der Waals surface area contributed by atoms with Gasteiger partial charge in [-0.3, -0.25) is 4.99 Å². The van der Waals surface area contributed by atoms with Gasteiger partial charge in [0.25, 0.3) is 0 Å². The maximum atomic E-state index is 10.1. The van der Waals surface area contributed by atoms with E-state index in [0.717, 1.165) is 24.9 Å². The number of aromatic hydroxyl groups is 1. The monoisotopic (exact) mass is 387 g/mol. The van der Waals surface area contributed by atoms with E-state index < -0.39 is 0 Å². The molecule has 0 aromatic heterocycles. The summed E-state index contributed by atoms with van der Waals surface area (Å²) in [6.07, 6.45) is 22.9. The molecule has 0 fully saturated rings. The van der Waals surface area contributed by atoms with Gasteiger partial charge in [0.15, 0.2) is 0 Å². The largest absolute Gasteiger partial charge is 0.507 e. The molecular formula is C26H45NO. The fourth-order valence-corrected chi connectivity index (χ4v) is 3.65. The molecule has 1 aromatic rings. The van der Waals surface area contributed by atoms with Gasteiger partial charge >= 0.3 is 0 Å². The van der Waals surface area contributed by atoms with Crippen LogP contribution in [0, 0.1) is 0 Å². The molecule has 2 heteroatoms. The van der Waals surface area contributed by atoms with Gasteiger partial charge in [-0.05, 0) is 37.0 Å². The lowest BCUT2D eigenvalue weighted by Crippen LogP contribution is -1.91. The van der Waals surface area contributed by atoms with Crippen molar-refractivity contribution in [3.05, 3.63) is 29.3 Å². The first-order valence-electron chi connectivity index (χ1n) is 12.1. The number of hydrogen-bond acceptors (Lipinski definition) is 2. The van der Waals surface area contributed by atoms with Gasteiger partial charge in [0.2, 0.25) is 0 Å². The third-order valence-electron chi connectivity index (χ3n) is 5.53. The second-order valence-electron chi connectivity index (χ2n) is 8.27. The van der Waals surface area contributed by atoms with Gasteiger partial charge in [0, 0.05) is 18.3 Å². The Bertz CT molecular complexity index is 509. The predicted octanol–water partition coefficient (Wildman–Crippen LogP) is 8.24. The van der Waals surface area contributed by atoms with E-state index in [0.29, 0.717) is 5.75 Å². The smallest absolute Gasteiger partial charge is 0.124 e. The van der Waals surface area contributed by atoms with Crippen LogP contribution in [0.3, 0.4) is 0 Å². The predicted molar refractivity (Wildman–Crippen MR) is 125 cm³/mol. The van der Waals surface area contributed by atoms with Gasteiger partial charge in [-0.1, -0.05) is 103 Å². The molecule has 0 aliphatic heterocycles. The highest BCUT2D eigenvalue weighted by molar-refractivity contribution is 5.83. The maximum absolute atomic E-state index is 10.1. The van der Waals surface area contributed by atoms with Crippen molar-refractivity contribution in [2.45, 2.75) is 117 Å². The second-order valence-corrected chi connectivity index (χ2v) is 8.27. The molecule has 2 nitrogen and oxygen atoms in total. The summed E-state index contributed by atoms with van der Waals surface area (Å²) < 4.78 is 0. The lowest BCUT2D eigenvalue weighted by Gasteiger charge is -2.05. The van der Waals surface area contributed by atoms with E-state index >= 15 is 0 Å². The molecule has 0 saturated heterocycles. The molecule has 1 rings (SSSR count). The van der Waals surface area contributed by atoms with E-state index in [1.807, 2.05) is 12.3 Å². The van der Waals surface area contributed by atoms with Gasteiger partial charge in [-0.25, -0.2) is 0 Å². The Balaban J connectivity index is 2.17. The molecule has 0 atom stereocenters. The van der Waals surface area contributed by atoms with Crippen LogP contribution in [0.4, 0.5) is 0 Å². The van der Waals surface area contributed by atoms with E-state index in [4.69, 9.17) is 0 Å². The number of aliphatic imine (C=N–C) groups is 1. The van der Waals surface area contributed by atoms with E-state index in [1.54, 1.807) is 0 Å². The molecule has 0 unspecified atom stereocenters. The lowest BCUT2D eigenvalue weighted by molar-refractivity contribution is 0.474.